The number of amides is 1. The molecule has 1 aliphatic rings. The van der Waals surface area contributed by atoms with Crippen molar-refractivity contribution in [3.63, 3.8) is 0 Å². The Labute approximate surface area is 159 Å². The van der Waals surface area contributed by atoms with Gasteiger partial charge in [0, 0.05) is 19.1 Å². The van der Waals surface area contributed by atoms with Crippen molar-refractivity contribution in [2.24, 2.45) is 0 Å². The summed E-state index contributed by atoms with van der Waals surface area (Å²) < 4.78 is 5.98. The molecule has 0 aliphatic carbocycles. The molecule has 4 heteroatoms. The molecular formula is C22H36N2O2. The van der Waals surface area contributed by atoms with Crippen LogP contribution in [0.2, 0.25) is 0 Å². The molecule has 0 radical (unpaired) electrons. The molecule has 1 aromatic carbocycles. The number of carbonyl (C=O) groups excluding carboxylic acids is 1. The van der Waals surface area contributed by atoms with Crippen LogP contribution in [0.4, 0.5) is 0 Å². The number of hydrogen-bond donors (Lipinski definition) is 0. The normalized spacial score (nSPS) is 17.4. The van der Waals surface area contributed by atoms with E-state index in [1.165, 1.54) is 5.56 Å². The fraction of sp³-hybridized carbons (Fsp3) is 0.682. The molecule has 0 N–H and O–H groups in total. The number of piperidine rings is 1. The predicted octanol–water partition coefficient (Wildman–Crippen LogP) is 4.08. The highest BCUT2D eigenvalue weighted by atomic mass is 16.5. The molecule has 4 nitrogen and oxygen atoms in total. The molecule has 0 spiro atoms. The first-order chi connectivity index (χ1) is 12.3. The van der Waals surface area contributed by atoms with E-state index < -0.39 is 6.10 Å². The molecule has 1 atom stereocenters. The largest absolute Gasteiger partial charge is 0.481 e. The topological polar surface area (TPSA) is 32.8 Å². The van der Waals surface area contributed by atoms with E-state index in [4.69, 9.17) is 4.74 Å². The average Bonchev–Trinajstić information content (AvgIpc) is 2.62. The highest BCUT2D eigenvalue weighted by Crippen LogP contribution is 2.26. The van der Waals surface area contributed by atoms with Crippen molar-refractivity contribution in [2.45, 2.75) is 71.9 Å². The number of nitrogens with zero attached hydrogens (tertiary/aromatic N) is 2. The average molecular weight is 361 g/mol. The lowest BCUT2D eigenvalue weighted by atomic mass is 9.87. The number of hydrogen-bond acceptors (Lipinski definition) is 3. The van der Waals surface area contributed by atoms with Crippen molar-refractivity contribution in [2.75, 3.05) is 26.2 Å². The van der Waals surface area contributed by atoms with Gasteiger partial charge >= 0.3 is 0 Å². The maximum absolute atomic E-state index is 12.8. The van der Waals surface area contributed by atoms with Crippen LogP contribution in [0, 0.1) is 0 Å². The molecule has 146 valence electrons. The van der Waals surface area contributed by atoms with Gasteiger partial charge in [0.1, 0.15) is 5.75 Å². The molecule has 1 amide bonds. The Balaban J connectivity index is 1.92. The van der Waals surface area contributed by atoms with Gasteiger partial charge in [-0.3, -0.25) is 4.79 Å². The molecule has 1 fully saturated rings. The molecule has 1 heterocycles. The second-order valence-electron chi connectivity index (χ2n) is 8.32. The van der Waals surface area contributed by atoms with Crippen LogP contribution in [0.25, 0.3) is 0 Å². The van der Waals surface area contributed by atoms with Gasteiger partial charge in [-0.15, -0.1) is 0 Å². The Bertz CT molecular complexity index is 582. The van der Waals surface area contributed by atoms with Crippen molar-refractivity contribution in [1.82, 2.24) is 9.80 Å². The number of likely N-dealkylation sites (tertiary alicyclic amines) is 1. The van der Waals surface area contributed by atoms with E-state index in [0.29, 0.717) is 6.04 Å². The molecule has 0 bridgehead atoms. The Morgan fingerprint density at radius 2 is 1.85 bits per heavy atom. The monoisotopic (exact) mass is 360 g/mol. The summed E-state index contributed by atoms with van der Waals surface area (Å²) in [5.41, 5.74) is 1.29. The van der Waals surface area contributed by atoms with Crippen LogP contribution in [-0.4, -0.2) is 54.0 Å². The molecule has 0 aromatic heterocycles. The van der Waals surface area contributed by atoms with E-state index in [2.05, 4.69) is 51.7 Å². The van der Waals surface area contributed by atoms with Gasteiger partial charge in [-0.25, -0.2) is 0 Å². The van der Waals surface area contributed by atoms with Gasteiger partial charge in [-0.1, -0.05) is 46.8 Å². The van der Waals surface area contributed by atoms with E-state index in [1.54, 1.807) is 0 Å². The molecule has 0 saturated carbocycles. The Morgan fingerprint density at radius 1 is 1.23 bits per heavy atom. The first-order valence-electron chi connectivity index (χ1n) is 10.1. The van der Waals surface area contributed by atoms with Crippen LogP contribution in [0.1, 0.15) is 59.9 Å². The second-order valence-corrected chi connectivity index (χ2v) is 8.32. The summed E-state index contributed by atoms with van der Waals surface area (Å²) in [6.45, 7) is 16.7. The maximum atomic E-state index is 12.8. The summed E-state index contributed by atoms with van der Waals surface area (Å²) in [6, 6.07) is 8.70. The summed E-state index contributed by atoms with van der Waals surface area (Å²) in [5, 5.41) is 0. The van der Waals surface area contributed by atoms with Gasteiger partial charge in [0.25, 0.3) is 5.91 Å². The third-order valence-corrected chi connectivity index (χ3v) is 5.47. The number of carbonyl (C=O) groups is 1. The van der Waals surface area contributed by atoms with Gasteiger partial charge in [-0.05, 0) is 56.0 Å². The van der Waals surface area contributed by atoms with Crippen molar-refractivity contribution >= 4 is 5.91 Å². The van der Waals surface area contributed by atoms with Gasteiger partial charge in [0.05, 0.1) is 0 Å². The number of rotatable bonds is 6. The molecule has 0 unspecified atom stereocenters. The first kappa shape index (κ1) is 20.8. The standard InChI is InChI=1S/C22H36N2O2/c1-7-23(8-2)19-12-14-24(15-13-19)21(25)17(3)26-20-11-9-10-18(16-20)22(4,5)6/h9-11,16-17,19H,7-8,12-15H2,1-6H3/t17-/m0/s1. The van der Waals surface area contributed by atoms with Crippen molar-refractivity contribution in [3.05, 3.63) is 29.8 Å². The lowest BCUT2D eigenvalue weighted by Gasteiger charge is -2.38. The lowest BCUT2D eigenvalue weighted by Crippen LogP contribution is -2.49. The summed E-state index contributed by atoms with van der Waals surface area (Å²) in [7, 11) is 0. The summed E-state index contributed by atoms with van der Waals surface area (Å²) in [5.74, 6) is 0.875. The van der Waals surface area contributed by atoms with Crippen LogP contribution in [0.15, 0.2) is 24.3 Å². The highest BCUT2D eigenvalue weighted by Gasteiger charge is 2.29. The molecule has 1 aromatic rings. The quantitative estimate of drug-likeness (QED) is 0.766. The second kappa shape index (κ2) is 8.90. The van der Waals surface area contributed by atoms with Crippen molar-refractivity contribution in [3.8, 4) is 5.75 Å². The van der Waals surface area contributed by atoms with Crippen LogP contribution < -0.4 is 4.74 Å². The zero-order valence-corrected chi connectivity index (χ0v) is 17.4. The zero-order valence-electron chi connectivity index (χ0n) is 17.4. The molecular weight excluding hydrogens is 324 g/mol. The van der Waals surface area contributed by atoms with Gasteiger partial charge in [0.2, 0.25) is 0 Å². The Kier molecular flexibility index (Phi) is 7.10. The lowest BCUT2D eigenvalue weighted by molar-refractivity contribution is -0.139. The fourth-order valence-electron chi connectivity index (χ4n) is 3.74. The minimum atomic E-state index is -0.449. The van der Waals surface area contributed by atoms with Gasteiger partial charge in [0.15, 0.2) is 6.10 Å². The van der Waals surface area contributed by atoms with Crippen LogP contribution >= 0.6 is 0 Å². The van der Waals surface area contributed by atoms with E-state index in [-0.39, 0.29) is 11.3 Å². The summed E-state index contributed by atoms with van der Waals surface area (Å²) in [4.78, 5) is 17.3. The SMILES string of the molecule is CCN(CC)C1CCN(C(=O)[C@H](C)Oc2cccc(C(C)(C)C)c2)CC1. The maximum Gasteiger partial charge on any atom is 0.263 e. The number of ether oxygens (including phenoxy) is 1. The Hall–Kier alpha value is -1.55. The zero-order chi connectivity index (χ0) is 19.3. The van der Waals surface area contributed by atoms with E-state index in [0.717, 1.165) is 44.8 Å². The van der Waals surface area contributed by atoms with Crippen LogP contribution in [0.3, 0.4) is 0 Å². The first-order valence-corrected chi connectivity index (χ1v) is 10.1. The van der Waals surface area contributed by atoms with Crippen LogP contribution in [0.5, 0.6) is 5.75 Å². The third kappa shape index (κ3) is 5.23. The minimum absolute atomic E-state index is 0.0684. The molecule has 2 rings (SSSR count). The third-order valence-electron chi connectivity index (χ3n) is 5.47. The van der Waals surface area contributed by atoms with Gasteiger partial charge < -0.3 is 14.5 Å². The van der Waals surface area contributed by atoms with E-state index >= 15 is 0 Å². The fourth-order valence-corrected chi connectivity index (χ4v) is 3.74. The van der Waals surface area contributed by atoms with Crippen molar-refractivity contribution in [1.29, 1.82) is 0 Å². The molecule has 1 aliphatic heterocycles. The summed E-state index contributed by atoms with van der Waals surface area (Å²) in [6.07, 6.45) is 1.66. The smallest absolute Gasteiger partial charge is 0.263 e. The van der Waals surface area contributed by atoms with Gasteiger partial charge in [-0.2, -0.15) is 0 Å². The van der Waals surface area contributed by atoms with Crippen LogP contribution in [-0.2, 0) is 10.2 Å². The minimum Gasteiger partial charge on any atom is -0.481 e. The summed E-state index contributed by atoms with van der Waals surface area (Å²) >= 11 is 0. The molecule has 1 saturated heterocycles. The highest BCUT2D eigenvalue weighted by molar-refractivity contribution is 5.81. The van der Waals surface area contributed by atoms with E-state index in [9.17, 15) is 4.79 Å². The number of benzene rings is 1. The predicted molar refractivity (Wildman–Crippen MR) is 108 cm³/mol. The molecule has 26 heavy (non-hydrogen) atoms. The van der Waals surface area contributed by atoms with E-state index in [1.807, 2.05) is 24.0 Å². The van der Waals surface area contributed by atoms with Crippen molar-refractivity contribution < 1.29 is 9.53 Å². The Morgan fingerprint density at radius 3 is 2.38 bits per heavy atom.